The first-order chi connectivity index (χ1) is 16.2. The number of carbonyl (C=O) groups is 2. The molecule has 8 heteroatoms. The number of fused-ring (bicyclic) bond motifs is 1. The Morgan fingerprint density at radius 1 is 1.06 bits per heavy atom. The van der Waals surface area contributed by atoms with Gasteiger partial charge in [0.15, 0.2) is 5.78 Å². The molecule has 2 aromatic carbocycles. The number of nitrogens with two attached hydrogens (primary N) is 1. The number of halogens is 1. The molecule has 0 saturated heterocycles. The molecule has 34 heavy (non-hydrogen) atoms. The maximum atomic E-state index is 13.7. The number of primary amides is 1. The average molecular weight is 477 g/mol. The quantitative estimate of drug-likeness (QED) is 0.386. The molecule has 0 spiro atoms. The number of hydrogen-bond donors (Lipinski definition) is 1. The average Bonchev–Trinajstić information content (AvgIpc) is 3.25. The topological polar surface area (TPSA) is 100.0 Å². The van der Waals surface area contributed by atoms with Gasteiger partial charge in [-0.3, -0.25) is 23.6 Å². The summed E-state index contributed by atoms with van der Waals surface area (Å²) in [6, 6.07) is 16.0. The van der Waals surface area contributed by atoms with E-state index in [1.807, 2.05) is 44.2 Å². The Balaban J connectivity index is 2.07. The monoisotopic (exact) mass is 476 g/mol. The number of carbonyl (C=O) groups excluding carboxylic acids is 2. The molecular weight excluding hydrogens is 452 g/mol. The fourth-order valence-electron chi connectivity index (χ4n) is 4.19. The normalized spacial score (nSPS) is 11.3. The second kappa shape index (κ2) is 9.27. The highest BCUT2D eigenvalue weighted by Gasteiger charge is 2.24. The van der Waals surface area contributed by atoms with Crippen molar-refractivity contribution in [2.24, 2.45) is 5.73 Å². The van der Waals surface area contributed by atoms with Crippen LogP contribution in [-0.2, 0) is 6.54 Å². The molecule has 1 amide bonds. The Kier molecular flexibility index (Phi) is 6.39. The third kappa shape index (κ3) is 4.15. The number of nitrogens with zero attached hydrogens (tertiary/aromatic N) is 3. The van der Waals surface area contributed by atoms with E-state index in [0.29, 0.717) is 27.1 Å². The van der Waals surface area contributed by atoms with E-state index in [0.717, 1.165) is 5.56 Å². The van der Waals surface area contributed by atoms with Crippen molar-refractivity contribution in [2.45, 2.75) is 39.8 Å². The van der Waals surface area contributed by atoms with E-state index in [2.05, 4.69) is 5.10 Å². The van der Waals surface area contributed by atoms with Gasteiger partial charge in [-0.05, 0) is 49.1 Å². The van der Waals surface area contributed by atoms with Crippen LogP contribution in [0, 0.1) is 0 Å². The molecular formula is C26H25ClN4O3. The summed E-state index contributed by atoms with van der Waals surface area (Å²) in [5, 5.41) is 6.04. The van der Waals surface area contributed by atoms with Crippen LogP contribution >= 0.6 is 11.6 Å². The maximum absolute atomic E-state index is 13.7. The van der Waals surface area contributed by atoms with Crippen LogP contribution in [0.3, 0.4) is 0 Å². The minimum atomic E-state index is -0.609. The highest BCUT2D eigenvalue weighted by molar-refractivity contribution is 6.31. The van der Waals surface area contributed by atoms with Crippen molar-refractivity contribution in [1.29, 1.82) is 0 Å². The molecule has 2 N–H and O–H groups in total. The van der Waals surface area contributed by atoms with E-state index in [9.17, 15) is 14.4 Å². The lowest BCUT2D eigenvalue weighted by Gasteiger charge is -2.19. The van der Waals surface area contributed by atoms with E-state index >= 15 is 0 Å². The van der Waals surface area contributed by atoms with Gasteiger partial charge < -0.3 is 5.73 Å². The zero-order chi connectivity index (χ0) is 24.6. The van der Waals surface area contributed by atoms with Crippen molar-refractivity contribution in [3.63, 3.8) is 0 Å². The van der Waals surface area contributed by atoms with Crippen LogP contribution in [0.5, 0.6) is 0 Å². The highest BCUT2D eigenvalue weighted by atomic mass is 35.5. The summed E-state index contributed by atoms with van der Waals surface area (Å²) < 4.78 is 2.98. The predicted molar refractivity (Wildman–Crippen MR) is 134 cm³/mol. The Bertz CT molecular complexity index is 1470. The Hall–Kier alpha value is -3.71. The van der Waals surface area contributed by atoms with E-state index < -0.39 is 5.91 Å². The van der Waals surface area contributed by atoms with Crippen LogP contribution in [0.25, 0.3) is 21.9 Å². The van der Waals surface area contributed by atoms with Gasteiger partial charge in [0, 0.05) is 28.4 Å². The van der Waals surface area contributed by atoms with Crippen molar-refractivity contribution in [3.8, 4) is 11.1 Å². The molecule has 2 heterocycles. The van der Waals surface area contributed by atoms with Crippen molar-refractivity contribution >= 4 is 34.1 Å². The number of pyridine rings is 1. The van der Waals surface area contributed by atoms with E-state index in [-0.39, 0.29) is 41.7 Å². The number of rotatable bonds is 7. The summed E-state index contributed by atoms with van der Waals surface area (Å²) in [4.78, 5) is 38.9. The van der Waals surface area contributed by atoms with Crippen molar-refractivity contribution in [3.05, 3.63) is 87.1 Å². The van der Waals surface area contributed by atoms with E-state index in [1.54, 1.807) is 31.2 Å². The third-order valence-corrected chi connectivity index (χ3v) is 5.96. The molecule has 2 aromatic heterocycles. The lowest BCUT2D eigenvalue weighted by atomic mass is 9.94. The Labute approximate surface area is 201 Å². The molecule has 0 unspecified atom stereocenters. The van der Waals surface area contributed by atoms with Crippen LogP contribution in [0.4, 0.5) is 0 Å². The number of ketones is 1. The second-order valence-electron chi connectivity index (χ2n) is 8.37. The van der Waals surface area contributed by atoms with Crippen LogP contribution in [0.1, 0.15) is 59.9 Å². The smallest absolute Gasteiger partial charge is 0.266 e. The van der Waals surface area contributed by atoms with Gasteiger partial charge in [-0.15, -0.1) is 0 Å². The van der Waals surface area contributed by atoms with Crippen LogP contribution < -0.4 is 11.3 Å². The first-order valence-electron chi connectivity index (χ1n) is 11.1. The molecule has 7 nitrogen and oxygen atoms in total. The fourth-order valence-corrected chi connectivity index (χ4v) is 4.36. The minimum absolute atomic E-state index is 0.0122. The molecule has 174 valence electrons. The zero-order valence-corrected chi connectivity index (χ0v) is 20.0. The second-order valence-corrected chi connectivity index (χ2v) is 8.81. The van der Waals surface area contributed by atoms with Gasteiger partial charge in [-0.2, -0.15) is 5.10 Å². The summed E-state index contributed by atoms with van der Waals surface area (Å²) in [6.07, 6.45) is 0.207. The first-order valence-corrected chi connectivity index (χ1v) is 11.4. The van der Waals surface area contributed by atoms with Gasteiger partial charge in [0.2, 0.25) is 0 Å². The maximum Gasteiger partial charge on any atom is 0.266 e. The van der Waals surface area contributed by atoms with Crippen LogP contribution in [0.15, 0.2) is 59.4 Å². The lowest BCUT2D eigenvalue weighted by Crippen LogP contribution is -2.28. The Morgan fingerprint density at radius 3 is 2.35 bits per heavy atom. The summed E-state index contributed by atoms with van der Waals surface area (Å²) in [7, 11) is 0. The SMILES string of the molecule is CCC(=O)c1c(-c2ccccc2)c2cc(Cl)ccc2c(=O)n1Cc1cc(C(N)=O)n(C(C)C)n1. The number of hydrogen-bond acceptors (Lipinski definition) is 4. The van der Waals surface area contributed by atoms with E-state index in [1.165, 1.54) is 9.25 Å². The molecule has 0 fully saturated rings. The van der Waals surface area contributed by atoms with Gasteiger partial charge in [0.25, 0.3) is 11.5 Å². The molecule has 0 aliphatic carbocycles. The molecule has 0 aliphatic rings. The largest absolute Gasteiger partial charge is 0.364 e. The summed E-state index contributed by atoms with van der Waals surface area (Å²) >= 11 is 6.29. The standard InChI is InChI=1S/C26H25ClN4O3/c1-4-22(32)24-23(16-8-6-5-7-9-16)20-12-17(27)10-11-19(20)26(34)30(24)14-18-13-21(25(28)33)31(29-18)15(2)3/h5-13,15H,4,14H2,1-3H3,(H2,28,33). The Morgan fingerprint density at radius 2 is 1.76 bits per heavy atom. The number of amides is 1. The molecule has 4 aromatic rings. The molecule has 0 radical (unpaired) electrons. The van der Waals surface area contributed by atoms with Crippen molar-refractivity contribution in [2.75, 3.05) is 0 Å². The first kappa shape index (κ1) is 23.4. The van der Waals surface area contributed by atoms with Gasteiger partial charge in [-0.1, -0.05) is 48.9 Å². The molecule has 0 bridgehead atoms. The number of benzene rings is 2. The molecule has 0 aliphatic heterocycles. The fraction of sp³-hybridized carbons (Fsp3) is 0.231. The van der Waals surface area contributed by atoms with Crippen LogP contribution in [0.2, 0.25) is 5.02 Å². The van der Waals surface area contributed by atoms with Crippen molar-refractivity contribution < 1.29 is 9.59 Å². The minimum Gasteiger partial charge on any atom is -0.364 e. The van der Waals surface area contributed by atoms with Crippen LogP contribution in [-0.4, -0.2) is 26.0 Å². The van der Waals surface area contributed by atoms with Gasteiger partial charge >= 0.3 is 0 Å². The van der Waals surface area contributed by atoms with Crippen molar-refractivity contribution in [1.82, 2.24) is 14.3 Å². The number of Topliss-reactive ketones (excluding diaryl/α,β-unsaturated/α-hetero) is 1. The zero-order valence-electron chi connectivity index (χ0n) is 19.2. The molecule has 0 atom stereocenters. The van der Waals surface area contributed by atoms with Gasteiger partial charge in [-0.25, -0.2) is 0 Å². The lowest BCUT2D eigenvalue weighted by molar-refractivity contribution is 0.0974. The summed E-state index contributed by atoms with van der Waals surface area (Å²) in [5.74, 6) is -0.793. The summed E-state index contributed by atoms with van der Waals surface area (Å²) in [5.41, 5.74) is 7.64. The third-order valence-electron chi connectivity index (χ3n) is 5.73. The predicted octanol–water partition coefficient (Wildman–Crippen LogP) is 4.84. The molecule has 0 saturated carbocycles. The van der Waals surface area contributed by atoms with Gasteiger partial charge in [0.05, 0.1) is 17.9 Å². The number of aromatic nitrogens is 3. The van der Waals surface area contributed by atoms with Gasteiger partial charge in [0.1, 0.15) is 5.69 Å². The van der Waals surface area contributed by atoms with E-state index in [4.69, 9.17) is 17.3 Å². The summed E-state index contributed by atoms with van der Waals surface area (Å²) in [6.45, 7) is 5.54. The highest BCUT2D eigenvalue weighted by Crippen LogP contribution is 2.33. The molecule has 4 rings (SSSR count).